The number of fused-ring (bicyclic) bond motifs is 1. The van der Waals surface area contributed by atoms with Gasteiger partial charge in [0.25, 0.3) is 0 Å². The summed E-state index contributed by atoms with van der Waals surface area (Å²) >= 11 is 0. The predicted molar refractivity (Wildman–Crippen MR) is 87.1 cm³/mol. The van der Waals surface area contributed by atoms with Crippen LogP contribution in [-0.4, -0.2) is 36.5 Å². The van der Waals surface area contributed by atoms with E-state index in [1.54, 1.807) is 0 Å². The molecule has 7 heteroatoms. The summed E-state index contributed by atoms with van der Waals surface area (Å²) in [4.78, 5) is 8.04. The van der Waals surface area contributed by atoms with Crippen molar-refractivity contribution >= 4 is 20.1 Å². The van der Waals surface area contributed by atoms with E-state index in [0.29, 0.717) is 12.4 Å². The van der Waals surface area contributed by atoms with Gasteiger partial charge in [0.15, 0.2) is 8.32 Å². The number of hydrogen-bond acceptors (Lipinski definition) is 6. The lowest BCUT2D eigenvalue weighted by Crippen LogP contribution is -2.42. The molecule has 1 aliphatic heterocycles. The Morgan fingerprint density at radius 3 is 2.67 bits per heavy atom. The van der Waals surface area contributed by atoms with Crippen LogP contribution in [0.5, 0.6) is 5.88 Å². The molecule has 4 N–H and O–H groups in total. The van der Waals surface area contributed by atoms with Gasteiger partial charge in [-0.3, -0.25) is 0 Å². The van der Waals surface area contributed by atoms with Gasteiger partial charge in [0, 0.05) is 19.1 Å². The second kappa shape index (κ2) is 5.45. The summed E-state index contributed by atoms with van der Waals surface area (Å²) in [6.07, 6.45) is 0.891. The van der Waals surface area contributed by atoms with Crippen LogP contribution in [0.4, 0.5) is 11.8 Å². The summed E-state index contributed by atoms with van der Waals surface area (Å²) in [6.45, 7) is 12.5. The number of nitrogens with zero attached hydrogens (tertiary/aromatic N) is 2. The van der Waals surface area contributed by atoms with Gasteiger partial charge >= 0.3 is 0 Å². The molecule has 1 unspecified atom stereocenters. The molecule has 0 amide bonds. The molecule has 0 aromatic carbocycles. The molecule has 0 bridgehead atoms. The van der Waals surface area contributed by atoms with Gasteiger partial charge in [-0.2, -0.15) is 9.97 Å². The van der Waals surface area contributed by atoms with Crippen LogP contribution in [0.3, 0.4) is 0 Å². The molecule has 0 saturated heterocycles. The van der Waals surface area contributed by atoms with E-state index in [-0.39, 0.29) is 22.8 Å². The largest absolute Gasteiger partial charge is 0.493 e. The first-order valence-electron chi connectivity index (χ1n) is 7.36. The van der Waals surface area contributed by atoms with E-state index in [2.05, 4.69) is 49.1 Å². The third-order valence-corrected chi connectivity index (χ3v) is 9.09. The minimum atomic E-state index is -1.81. The van der Waals surface area contributed by atoms with E-state index in [9.17, 15) is 5.11 Å². The fourth-order valence-electron chi connectivity index (χ4n) is 2.19. The van der Waals surface area contributed by atoms with Crippen molar-refractivity contribution in [1.82, 2.24) is 9.97 Å². The van der Waals surface area contributed by atoms with Gasteiger partial charge in [-0.1, -0.05) is 20.8 Å². The van der Waals surface area contributed by atoms with Crippen LogP contribution >= 0.6 is 0 Å². The molecule has 1 aliphatic rings. The van der Waals surface area contributed by atoms with E-state index in [1.807, 2.05) is 0 Å². The Morgan fingerprint density at radius 2 is 2.05 bits per heavy atom. The average Bonchev–Trinajstić information content (AvgIpc) is 2.34. The Hall–Kier alpha value is -1.34. The van der Waals surface area contributed by atoms with Crippen LogP contribution in [0, 0.1) is 0 Å². The molecule has 1 aromatic heterocycles. The zero-order valence-electron chi connectivity index (χ0n) is 13.5. The summed E-state index contributed by atoms with van der Waals surface area (Å²) in [5.74, 6) is 0.796. The SMILES string of the molecule is CC(C)(C)[Si](C)(C)OCC1CCNc2nc(N)nc(O)c21. The van der Waals surface area contributed by atoms with Crippen LogP contribution in [0.15, 0.2) is 0 Å². The van der Waals surface area contributed by atoms with Gasteiger partial charge in [-0.25, -0.2) is 0 Å². The van der Waals surface area contributed by atoms with Crippen molar-refractivity contribution in [2.24, 2.45) is 0 Å². The zero-order valence-corrected chi connectivity index (χ0v) is 14.5. The maximum absolute atomic E-state index is 10.1. The van der Waals surface area contributed by atoms with E-state index in [0.717, 1.165) is 18.5 Å². The number of hydrogen-bond donors (Lipinski definition) is 3. The standard InChI is InChI=1S/C14H26N4O2Si/c1-14(2,3)21(4,5)20-8-9-6-7-16-11-10(9)12(19)18-13(15)17-11/h9H,6-8H2,1-5H3,(H4,15,16,17,18,19). The highest BCUT2D eigenvalue weighted by Crippen LogP contribution is 2.40. The van der Waals surface area contributed by atoms with Crippen molar-refractivity contribution in [2.75, 3.05) is 24.2 Å². The second-order valence-corrected chi connectivity index (χ2v) is 12.0. The molecule has 21 heavy (non-hydrogen) atoms. The summed E-state index contributed by atoms with van der Waals surface area (Å²) in [6, 6.07) is 0. The van der Waals surface area contributed by atoms with E-state index < -0.39 is 8.32 Å². The normalized spacial score (nSPS) is 19.0. The van der Waals surface area contributed by atoms with Gasteiger partial charge in [0.1, 0.15) is 5.82 Å². The first-order chi connectivity index (χ1) is 9.62. The van der Waals surface area contributed by atoms with Crippen molar-refractivity contribution < 1.29 is 9.53 Å². The number of nitrogen functional groups attached to an aromatic ring is 1. The summed E-state index contributed by atoms with van der Waals surface area (Å²) < 4.78 is 6.29. The fraction of sp³-hybridized carbons (Fsp3) is 0.714. The molecular formula is C14H26N4O2Si. The van der Waals surface area contributed by atoms with Crippen LogP contribution in [0.25, 0.3) is 0 Å². The van der Waals surface area contributed by atoms with Crippen molar-refractivity contribution in [3.63, 3.8) is 0 Å². The Bertz CT molecular complexity index is 528. The fourth-order valence-corrected chi connectivity index (χ4v) is 3.24. The number of rotatable bonds is 3. The van der Waals surface area contributed by atoms with Gasteiger partial charge in [-0.15, -0.1) is 0 Å². The number of aromatic hydroxyl groups is 1. The molecule has 1 aromatic rings. The zero-order chi connectivity index (χ0) is 15.8. The Balaban J connectivity index is 2.18. The number of anilines is 2. The highest BCUT2D eigenvalue weighted by atomic mass is 28.4. The highest BCUT2D eigenvalue weighted by molar-refractivity contribution is 6.74. The Kier molecular flexibility index (Phi) is 4.16. The molecule has 1 atom stereocenters. The first-order valence-corrected chi connectivity index (χ1v) is 10.3. The Labute approximate surface area is 127 Å². The van der Waals surface area contributed by atoms with Gasteiger partial charge in [-0.05, 0) is 24.6 Å². The molecule has 2 rings (SSSR count). The highest BCUT2D eigenvalue weighted by Gasteiger charge is 2.38. The number of nitrogens with two attached hydrogens (primary N) is 1. The summed E-state index contributed by atoms with van der Waals surface area (Å²) in [7, 11) is -1.81. The molecule has 0 spiro atoms. The van der Waals surface area contributed by atoms with Crippen LogP contribution < -0.4 is 11.1 Å². The second-order valence-electron chi connectivity index (χ2n) is 7.15. The number of aromatic nitrogens is 2. The smallest absolute Gasteiger partial charge is 0.225 e. The quantitative estimate of drug-likeness (QED) is 0.743. The van der Waals surface area contributed by atoms with Crippen LogP contribution in [0.1, 0.15) is 38.7 Å². The summed E-state index contributed by atoms with van der Waals surface area (Å²) in [5.41, 5.74) is 6.31. The van der Waals surface area contributed by atoms with Crippen LogP contribution in [0.2, 0.25) is 18.1 Å². The monoisotopic (exact) mass is 310 g/mol. The van der Waals surface area contributed by atoms with Crippen molar-refractivity contribution in [1.29, 1.82) is 0 Å². The van der Waals surface area contributed by atoms with Crippen molar-refractivity contribution in [2.45, 2.75) is 51.2 Å². The molecule has 6 nitrogen and oxygen atoms in total. The van der Waals surface area contributed by atoms with Crippen molar-refractivity contribution in [3.05, 3.63) is 5.56 Å². The lowest BCUT2D eigenvalue weighted by atomic mass is 9.95. The van der Waals surface area contributed by atoms with Gasteiger partial charge in [0.2, 0.25) is 11.8 Å². The van der Waals surface area contributed by atoms with Gasteiger partial charge < -0.3 is 20.6 Å². The third kappa shape index (κ3) is 3.29. The predicted octanol–water partition coefficient (Wildman–Crippen LogP) is 2.69. The van der Waals surface area contributed by atoms with E-state index in [4.69, 9.17) is 10.2 Å². The molecule has 0 radical (unpaired) electrons. The lowest BCUT2D eigenvalue weighted by molar-refractivity contribution is 0.253. The minimum absolute atomic E-state index is 0.0338. The molecule has 2 heterocycles. The van der Waals surface area contributed by atoms with Crippen LogP contribution in [-0.2, 0) is 4.43 Å². The molecule has 0 aliphatic carbocycles. The topological polar surface area (TPSA) is 93.3 Å². The van der Waals surface area contributed by atoms with E-state index >= 15 is 0 Å². The van der Waals surface area contributed by atoms with Crippen molar-refractivity contribution in [3.8, 4) is 5.88 Å². The average molecular weight is 310 g/mol. The first kappa shape index (κ1) is 16.0. The molecule has 0 fully saturated rings. The molecule has 118 valence electrons. The maximum atomic E-state index is 10.1. The summed E-state index contributed by atoms with van der Waals surface area (Å²) in [5, 5.41) is 13.4. The minimum Gasteiger partial charge on any atom is -0.493 e. The maximum Gasteiger partial charge on any atom is 0.225 e. The third-order valence-electron chi connectivity index (χ3n) is 4.59. The lowest BCUT2D eigenvalue weighted by Gasteiger charge is -2.38. The number of nitrogens with one attached hydrogen (secondary N) is 1. The molecule has 0 saturated carbocycles. The molecular weight excluding hydrogens is 284 g/mol. The van der Waals surface area contributed by atoms with E-state index in [1.165, 1.54) is 0 Å². The van der Waals surface area contributed by atoms with Gasteiger partial charge in [0.05, 0.1) is 5.56 Å². The Morgan fingerprint density at radius 1 is 1.38 bits per heavy atom.